The molecular weight excluding hydrogens is 368 g/mol. The zero-order valence-electron chi connectivity index (χ0n) is 10.7. The van der Waals surface area contributed by atoms with Gasteiger partial charge < -0.3 is 10.6 Å². The molecule has 19 heavy (non-hydrogen) atoms. The molecule has 0 aliphatic rings. The van der Waals surface area contributed by atoms with Crippen molar-refractivity contribution in [3.63, 3.8) is 0 Å². The molecule has 2 rings (SSSR count). The Morgan fingerprint density at radius 2 is 1.79 bits per heavy atom. The van der Waals surface area contributed by atoms with Gasteiger partial charge in [-0.15, -0.1) is 0 Å². The van der Waals surface area contributed by atoms with Gasteiger partial charge in [0.1, 0.15) is 0 Å². The van der Waals surface area contributed by atoms with Gasteiger partial charge in [-0.3, -0.25) is 0 Å². The summed E-state index contributed by atoms with van der Waals surface area (Å²) >= 11 is 7.10. The normalized spacial score (nSPS) is 10.5. The molecule has 0 radical (unpaired) electrons. The third-order valence-electron chi connectivity index (χ3n) is 3.04. The topological polar surface area (TPSA) is 29.3 Å². The number of nitrogens with two attached hydrogens (primary N) is 1. The zero-order chi connectivity index (χ0) is 13.8. The lowest BCUT2D eigenvalue weighted by atomic mass is 10.1. The van der Waals surface area contributed by atoms with Gasteiger partial charge in [-0.1, -0.05) is 56.1 Å². The van der Waals surface area contributed by atoms with E-state index in [2.05, 4.69) is 74.1 Å². The van der Waals surface area contributed by atoms with Gasteiger partial charge in [0.25, 0.3) is 0 Å². The molecule has 2 aromatic rings. The van der Waals surface area contributed by atoms with Gasteiger partial charge in [-0.05, 0) is 29.3 Å². The Morgan fingerprint density at radius 3 is 2.47 bits per heavy atom. The fourth-order valence-electron chi connectivity index (χ4n) is 2.03. The van der Waals surface area contributed by atoms with Gasteiger partial charge in [-0.2, -0.15) is 0 Å². The lowest BCUT2D eigenvalue weighted by Crippen LogP contribution is -2.19. The zero-order valence-corrected chi connectivity index (χ0v) is 13.9. The summed E-state index contributed by atoms with van der Waals surface area (Å²) in [6.07, 6.45) is 0. The summed E-state index contributed by atoms with van der Waals surface area (Å²) in [7, 11) is 2.08. The molecule has 2 aromatic carbocycles. The maximum absolute atomic E-state index is 5.81. The number of rotatable bonds is 4. The second kappa shape index (κ2) is 6.55. The number of hydrogen-bond acceptors (Lipinski definition) is 2. The minimum Gasteiger partial charge on any atom is -0.370 e. The summed E-state index contributed by atoms with van der Waals surface area (Å²) in [5, 5.41) is 0. The van der Waals surface area contributed by atoms with Crippen molar-refractivity contribution in [2.45, 2.75) is 13.1 Å². The van der Waals surface area contributed by atoms with Crippen LogP contribution in [0.4, 0.5) is 5.69 Å². The Balaban J connectivity index is 2.27. The minimum absolute atomic E-state index is 0.545. The van der Waals surface area contributed by atoms with Crippen LogP contribution in [0.5, 0.6) is 0 Å². The molecule has 0 atom stereocenters. The van der Waals surface area contributed by atoms with Crippen molar-refractivity contribution in [2.24, 2.45) is 5.73 Å². The van der Waals surface area contributed by atoms with E-state index in [-0.39, 0.29) is 0 Å². The molecular formula is C15H16Br2N2. The molecule has 0 heterocycles. The first-order valence-corrected chi connectivity index (χ1v) is 7.63. The molecule has 0 unspecified atom stereocenters. The summed E-state index contributed by atoms with van der Waals surface area (Å²) in [4.78, 5) is 2.22. The molecule has 0 saturated heterocycles. The van der Waals surface area contributed by atoms with Gasteiger partial charge in [0.05, 0.1) is 0 Å². The predicted octanol–water partition coefficient (Wildman–Crippen LogP) is 4.31. The van der Waals surface area contributed by atoms with E-state index in [1.54, 1.807) is 0 Å². The molecule has 2 N–H and O–H groups in total. The lowest BCUT2D eigenvalue weighted by molar-refractivity contribution is 0.899. The summed E-state index contributed by atoms with van der Waals surface area (Å²) in [5.41, 5.74) is 9.38. The van der Waals surface area contributed by atoms with Crippen LogP contribution in [0.1, 0.15) is 11.1 Å². The van der Waals surface area contributed by atoms with Gasteiger partial charge in [0.15, 0.2) is 0 Å². The lowest BCUT2D eigenvalue weighted by Gasteiger charge is -2.23. The van der Waals surface area contributed by atoms with Crippen LogP contribution in [0.3, 0.4) is 0 Å². The minimum atomic E-state index is 0.545. The summed E-state index contributed by atoms with van der Waals surface area (Å²) in [6, 6.07) is 14.5. The first-order valence-electron chi connectivity index (χ1n) is 6.05. The van der Waals surface area contributed by atoms with Crippen LogP contribution >= 0.6 is 31.9 Å². The van der Waals surface area contributed by atoms with Crippen LogP contribution in [0.25, 0.3) is 0 Å². The van der Waals surface area contributed by atoms with E-state index in [4.69, 9.17) is 5.73 Å². The molecule has 0 spiro atoms. The third-order valence-corrected chi connectivity index (χ3v) is 4.31. The third kappa shape index (κ3) is 3.59. The van der Waals surface area contributed by atoms with E-state index < -0.39 is 0 Å². The van der Waals surface area contributed by atoms with E-state index in [1.165, 1.54) is 5.56 Å². The summed E-state index contributed by atoms with van der Waals surface area (Å²) in [6.45, 7) is 1.38. The molecule has 100 valence electrons. The Bertz CT molecular complexity index is 570. The number of nitrogens with zero attached hydrogens (tertiary/aromatic N) is 1. The van der Waals surface area contributed by atoms with Crippen LogP contribution in [0.2, 0.25) is 0 Å². The van der Waals surface area contributed by atoms with Gasteiger partial charge in [-0.25, -0.2) is 0 Å². The summed E-state index contributed by atoms with van der Waals surface area (Å²) in [5.74, 6) is 0. The van der Waals surface area contributed by atoms with Crippen molar-refractivity contribution >= 4 is 37.5 Å². The van der Waals surface area contributed by atoms with E-state index in [0.717, 1.165) is 26.7 Å². The Hall–Kier alpha value is -0.840. The molecule has 0 aliphatic heterocycles. The Kier molecular flexibility index (Phi) is 5.02. The molecule has 0 fully saturated rings. The number of hydrogen-bond donors (Lipinski definition) is 1. The molecule has 0 amide bonds. The standard InChI is InChI=1S/C15H16Br2N2/c1-19(10-12-4-2-3-5-14(12)17)15-8-13(16)7-6-11(15)9-18/h2-8H,9-10,18H2,1H3. The molecule has 4 heteroatoms. The summed E-state index contributed by atoms with van der Waals surface area (Å²) < 4.78 is 2.20. The molecule has 0 aliphatic carbocycles. The van der Waals surface area contributed by atoms with Crippen molar-refractivity contribution in [3.8, 4) is 0 Å². The van der Waals surface area contributed by atoms with Crippen LogP contribution in [0, 0.1) is 0 Å². The highest BCUT2D eigenvalue weighted by Gasteiger charge is 2.09. The van der Waals surface area contributed by atoms with E-state index in [0.29, 0.717) is 6.54 Å². The van der Waals surface area contributed by atoms with Crippen LogP contribution in [0.15, 0.2) is 51.4 Å². The van der Waals surface area contributed by atoms with E-state index >= 15 is 0 Å². The predicted molar refractivity (Wildman–Crippen MR) is 88.3 cm³/mol. The monoisotopic (exact) mass is 382 g/mol. The highest BCUT2D eigenvalue weighted by atomic mass is 79.9. The fraction of sp³-hybridized carbons (Fsp3) is 0.200. The number of anilines is 1. The fourth-order valence-corrected chi connectivity index (χ4v) is 2.79. The van der Waals surface area contributed by atoms with Crippen LogP contribution in [-0.4, -0.2) is 7.05 Å². The smallest absolute Gasteiger partial charge is 0.0437 e. The second-order valence-corrected chi connectivity index (χ2v) is 6.19. The van der Waals surface area contributed by atoms with Crippen molar-refractivity contribution < 1.29 is 0 Å². The quantitative estimate of drug-likeness (QED) is 0.852. The second-order valence-electron chi connectivity index (χ2n) is 4.42. The highest BCUT2D eigenvalue weighted by molar-refractivity contribution is 9.10. The van der Waals surface area contributed by atoms with E-state index in [1.807, 2.05) is 12.1 Å². The Morgan fingerprint density at radius 1 is 1.05 bits per heavy atom. The van der Waals surface area contributed by atoms with Crippen molar-refractivity contribution in [3.05, 3.63) is 62.5 Å². The molecule has 0 aromatic heterocycles. The first kappa shape index (κ1) is 14.6. The SMILES string of the molecule is CN(Cc1ccccc1Br)c1cc(Br)ccc1CN. The Labute approximate surface area is 130 Å². The number of halogens is 2. The van der Waals surface area contributed by atoms with Gasteiger partial charge >= 0.3 is 0 Å². The van der Waals surface area contributed by atoms with E-state index in [9.17, 15) is 0 Å². The largest absolute Gasteiger partial charge is 0.370 e. The average Bonchev–Trinajstić information content (AvgIpc) is 2.41. The van der Waals surface area contributed by atoms with Crippen molar-refractivity contribution in [2.75, 3.05) is 11.9 Å². The van der Waals surface area contributed by atoms with Crippen LogP contribution in [-0.2, 0) is 13.1 Å². The molecule has 0 saturated carbocycles. The van der Waals surface area contributed by atoms with Crippen molar-refractivity contribution in [1.29, 1.82) is 0 Å². The first-order chi connectivity index (χ1) is 9.11. The maximum atomic E-state index is 5.81. The highest BCUT2D eigenvalue weighted by Crippen LogP contribution is 2.26. The molecule has 2 nitrogen and oxygen atoms in total. The van der Waals surface area contributed by atoms with Gasteiger partial charge in [0, 0.05) is 34.8 Å². The van der Waals surface area contributed by atoms with Crippen LogP contribution < -0.4 is 10.6 Å². The van der Waals surface area contributed by atoms with Crippen molar-refractivity contribution in [1.82, 2.24) is 0 Å². The molecule has 0 bridgehead atoms. The number of benzene rings is 2. The average molecular weight is 384 g/mol. The maximum Gasteiger partial charge on any atom is 0.0437 e. The van der Waals surface area contributed by atoms with Gasteiger partial charge in [0.2, 0.25) is 0 Å².